The van der Waals surface area contributed by atoms with Gasteiger partial charge in [0.25, 0.3) is 0 Å². The first kappa shape index (κ1) is 11.5. The van der Waals surface area contributed by atoms with Crippen LogP contribution < -0.4 is 0 Å². The van der Waals surface area contributed by atoms with Crippen LogP contribution in [0, 0.1) is 12.7 Å². The summed E-state index contributed by atoms with van der Waals surface area (Å²) >= 11 is 0. The number of aryl methyl sites for hydroxylation is 1. The lowest BCUT2D eigenvalue weighted by Gasteiger charge is -2.10. The zero-order valence-electron chi connectivity index (χ0n) is 9.62. The smallest absolute Gasteiger partial charge is 0.336 e. The van der Waals surface area contributed by atoms with Crippen molar-refractivity contribution in [2.75, 3.05) is 0 Å². The summed E-state index contributed by atoms with van der Waals surface area (Å²) in [7, 11) is 0. The number of carbonyl (C=O) groups is 1. The van der Waals surface area contributed by atoms with E-state index < -0.39 is 11.8 Å². The molecule has 0 unspecified atom stereocenters. The number of aromatic nitrogens is 1. The van der Waals surface area contributed by atoms with E-state index in [9.17, 15) is 14.3 Å². The van der Waals surface area contributed by atoms with Crippen molar-refractivity contribution in [3.63, 3.8) is 0 Å². The number of aromatic carboxylic acids is 1. The minimum atomic E-state index is -1.04. The fraction of sp³-hybridized carbons (Fsp3) is 0.231. The molecule has 0 aliphatic rings. The quantitative estimate of drug-likeness (QED) is 0.867. The second-order valence-electron chi connectivity index (χ2n) is 3.87. The van der Waals surface area contributed by atoms with Crippen molar-refractivity contribution in [2.24, 2.45) is 0 Å². The summed E-state index contributed by atoms with van der Waals surface area (Å²) in [6.07, 6.45) is 0.562. The highest BCUT2D eigenvalue weighted by Crippen LogP contribution is 2.24. The van der Waals surface area contributed by atoms with Gasteiger partial charge in [-0.2, -0.15) is 0 Å². The molecule has 1 N–H and O–H groups in total. The van der Waals surface area contributed by atoms with Crippen molar-refractivity contribution in [3.8, 4) is 0 Å². The number of halogens is 1. The summed E-state index contributed by atoms with van der Waals surface area (Å²) in [5.74, 6) is -1.49. The number of nitrogens with zero attached hydrogens (tertiary/aromatic N) is 1. The molecule has 17 heavy (non-hydrogen) atoms. The van der Waals surface area contributed by atoms with E-state index in [4.69, 9.17) is 0 Å². The fourth-order valence-electron chi connectivity index (χ4n) is 2.07. The Morgan fingerprint density at radius 2 is 2.18 bits per heavy atom. The van der Waals surface area contributed by atoms with Crippen molar-refractivity contribution in [2.45, 2.75) is 20.3 Å². The van der Waals surface area contributed by atoms with Crippen molar-refractivity contribution in [1.29, 1.82) is 0 Å². The Morgan fingerprint density at radius 3 is 2.76 bits per heavy atom. The van der Waals surface area contributed by atoms with E-state index in [1.165, 1.54) is 18.2 Å². The average molecular weight is 233 g/mol. The summed E-state index contributed by atoms with van der Waals surface area (Å²) in [4.78, 5) is 15.6. The van der Waals surface area contributed by atoms with Crippen molar-refractivity contribution in [1.82, 2.24) is 4.98 Å². The number of hydrogen-bond acceptors (Lipinski definition) is 2. The Hall–Kier alpha value is -1.97. The third-order valence-electron chi connectivity index (χ3n) is 2.82. The van der Waals surface area contributed by atoms with Gasteiger partial charge in [-0.15, -0.1) is 0 Å². The zero-order chi connectivity index (χ0) is 12.6. The zero-order valence-corrected chi connectivity index (χ0v) is 9.62. The third kappa shape index (κ3) is 1.86. The molecular formula is C13H12FNO2. The monoisotopic (exact) mass is 233 g/mol. The standard InChI is InChI=1S/C13H12FNO2/c1-3-9-7(2)15-11-5-4-8(14)6-10(11)12(9)13(16)17/h4-6H,3H2,1-2H3,(H,16,17). The van der Waals surface area contributed by atoms with Gasteiger partial charge in [-0.1, -0.05) is 6.92 Å². The highest BCUT2D eigenvalue weighted by molar-refractivity contribution is 6.04. The Morgan fingerprint density at radius 1 is 1.47 bits per heavy atom. The van der Waals surface area contributed by atoms with Gasteiger partial charge < -0.3 is 5.11 Å². The van der Waals surface area contributed by atoms with Crippen LogP contribution in [0.1, 0.15) is 28.5 Å². The summed E-state index contributed by atoms with van der Waals surface area (Å²) in [6.45, 7) is 3.63. The summed E-state index contributed by atoms with van der Waals surface area (Å²) in [6, 6.07) is 4.01. The van der Waals surface area contributed by atoms with Crippen molar-refractivity contribution in [3.05, 3.63) is 40.8 Å². The summed E-state index contributed by atoms with van der Waals surface area (Å²) in [5, 5.41) is 9.62. The molecule has 0 bridgehead atoms. The van der Waals surface area contributed by atoms with Gasteiger partial charge in [-0.25, -0.2) is 9.18 Å². The van der Waals surface area contributed by atoms with E-state index in [2.05, 4.69) is 4.98 Å². The molecule has 0 amide bonds. The molecule has 0 aliphatic carbocycles. The van der Waals surface area contributed by atoms with Crippen LogP contribution in [-0.4, -0.2) is 16.1 Å². The first-order valence-electron chi connectivity index (χ1n) is 5.36. The molecule has 1 aromatic carbocycles. The molecule has 1 heterocycles. The highest BCUT2D eigenvalue weighted by atomic mass is 19.1. The van der Waals surface area contributed by atoms with Gasteiger partial charge in [0, 0.05) is 11.1 Å². The predicted molar refractivity (Wildman–Crippen MR) is 62.8 cm³/mol. The van der Waals surface area contributed by atoms with Gasteiger partial charge >= 0.3 is 5.97 Å². The first-order chi connectivity index (χ1) is 8.04. The SMILES string of the molecule is CCc1c(C)nc2ccc(F)cc2c1C(=O)O. The minimum Gasteiger partial charge on any atom is -0.478 e. The van der Waals surface area contributed by atoms with Crippen LogP contribution in [0.2, 0.25) is 0 Å². The van der Waals surface area contributed by atoms with Gasteiger partial charge in [0.1, 0.15) is 5.82 Å². The molecule has 0 aliphatic heterocycles. The number of hydrogen-bond donors (Lipinski definition) is 1. The Bertz CT molecular complexity index is 608. The lowest BCUT2D eigenvalue weighted by atomic mass is 9.99. The van der Waals surface area contributed by atoms with Crippen LogP contribution in [0.4, 0.5) is 4.39 Å². The van der Waals surface area contributed by atoms with Crippen molar-refractivity contribution < 1.29 is 14.3 Å². The van der Waals surface area contributed by atoms with Crippen LogP contribution in [0.3, 0.4) is 0 Å². The predicted octanol–water partition coefficient (Wildman–Crippen LogP) is 2.94. The Labute approximate surface area is 97.9 Å². The number of benzene rings is 1. The van der Waals surface area contributed by atoms with E-state index >= 15 is 0 Å². The lowest BCUT2D eigenvalue weighted by Crippen LogP contribution is -2.07. The molecular weight excluding hydrogens is 221 g/mol. The molecule has 88 valence electrons. The third-order valence-corrected chi connectivity index (χ3v) is 2.82. The lowest BCUT2D eigenvalue weighted by molar-refractivity contribution is 0.0697. The topological polar surface area (TPSA) is 50.2 Å². The van der Waals surface area contributed by atoms with Crippen LogP contribution in [0.15, 0.2) is 18.2 Å². The number of carboxylic acids is 1. The highest BCUT2D eigenvalue weighted by Gasteiger charge is 2.17. The molecule has 0 saturated heterocycles. The van der Waals surface area contributed by atoms with Gasteiger partial charge in [0.05, 0.1) is 11.1 Å². The van der Waals surface area contributed by atoms with E-state index in [1.807, 2.05) is 6.92 Å². The maximum Gasteiger partial charge on any atom is 0.336 e. The molecule has 2 aromatic rings. The molecule has 4 heteroatoms. The van der Waals surface area contributed by atoms with Gasteiger partial charge in [-0.3, -0.25) is 4.98 Å². The first-order valence-corrected chi connectivity index (χ1v) is 5.36. The largest absolute Gasteiger partial charge is 0.478 e. The molecule has 3 nitrogen and oxygen atoms in total. The van der Waals surface area contributed by atoms with Crippen LogP contribution in [0.25, 0.3) is 10.9 Å². The second-order valence-corrected chi connectivity index (χ2v) is 3.87. The fourth-order valence-corrected chi connectivity index (χ4v) is 2.07. The summed E-state index contributed by atoms with van der Waals surface area (Å²) < 4.78 is 13.2. The molecule has 1 aromatic heterocycles. The molecule has 2 rings (SSSR count). The molecule has 0 atom stereocenters. The van der Waals surface area contributed by atoms with E-state index in [0.29, 0.717) is 28.6 Å². The van der Waals surface area contributed by atoms with Crippen LogP contribution in [0.5, 0.6) is 0 Å². The number of rotatable bonds is 2. The van der Waals surface area contributed by atoms with Crippen molar-refractivity contribution >= 4 is 16.9 Å². The Kier molecular flexibility index (Phi) is 2.79. The molecule has 0 spiro atoms. The average Bonchev–Trinajstić information content (AvgIpc) is 2.27. The Balaban J connectivity index is 2.94. The van der Waals surface area contributed by atoms with E-state index in [0.717, 1.165) is 0 Å². The van der Waals surface area contributed by atoms with Gasteiger partial charge in [0.15, 0.2) is 0 Å². The molecule has 0 radical (unpaired) electrons. The number of fused-ring (bicyclic) bond motifs is 1. The van der Waals surface area contributed by atoms with Gasteiger partial charge in [0.2, 0.25) is 0 Å². The number of pyridine rings is 1. The van der Waals surface area contributed by atoms with Gasteiger partial charge in [-0.05, 0) is 37.1 Å². The molecule has 0 saturated carbocycles. The summed E-state index contributed by atoms with van der Waals surface area (Å²) in [5.41, 5.74) is 2.02. The molecule has 0 fully saturated rings. The van der Waals surface area contributed by atoms with E-state index in [-0.39, 0.29) is 5.56 Å². The normalized spacial score (nSPS) is 10.8. The van der Waals surface area contributed by atoms with E-state index in [1.54, 1.807) is 6.92 Å². The van der Waals surface area contributed by atoms with Crippen LogP contribution in [-0.2, 0) is 6.42 Å². The maximum absolute atomic E-state index is 13.2. The van der Waals surface area contributed by atoms with Crippen LogP contribution >= 0.6 is 0 Å². The number of carboxylic acid groups (broad SMARTS) is 1. The second kappa shape index (κ2) is 4.13. The minimum absolute atomic E-state index is 0.162. The maximum atomic E-state index is 13.2.